The van der Waals surface area contributed by atoms with Gasteiger partial charge in [0, 0.05) is 31.6 Å². The zero-order valence-electron chi connectivity index (χ0n) is 15.9. The number of hydrogen-bond donors (Lipinski definition) is 2. The molecule has 0 atom stereocenters. The average Bonchev–Trinajstić information content (AvgIpc) is 2.56. The van der Waals surface area contributed by atoms with Crippen molar-refractivity contribution in [2.45, 2.75) is 45.1 Å². The van der Waals surface area contributed by atoms with Crippen LogP contribution in [0.1, 0.15) is 42.0 Å². The van der Waals surface area contributed by atoms with Crippen molar-refractivity contribution < 1.29 is 4.74 Å². The molecule has 0 amide bonds. The lowest BCUT2D eigenvalue weighted by Crippen LogP contribution is -2.35. The quantitative estimate of drug-likeness (QED) is 0.742. The summed E-state index contributed by atoms with van der Waals surface area (Å²) in [6.07, 6.45) is 2.85. The molecule has 1 aromatic heterocycles. The van der Waals surface area contributed by atoms with E-state index < -0.39 is 0 Å². The van der Waals surface area contributed by atoms with E-state index in [4.69, 9.17) is 16.2 Å². The molecule has 0 bridgehead atoms. The topological polar surface area (TPSA) is 90.3 Å². The maximum Gasteiger partial charge on any atom is 0.222 e. The van der Waals surface area contributed by atoms with E-state index in [9.17, 15) is 0 Å². The Balaban J connectivity index is 1.52. The van der Waals surface area contributed by atoms with Gasteiger partial charge in [0.2, 0.25) is 5.95 Å². The van der Waals surface area contributed by atoms with Crippen LogP contribution in [-0.2, 0) is 0 Å². The Labute approximate surface area is 155 Å². The number of nitrogen functional groups attached to an aromatic ring is 1. The Bertz CT molecular complexity index is 758. The van der Waals surface area contributed by atoms with Crippen molar-refractivity contribution in [1.82, 2.24) is 9.97 Å². The second-order valence-electron chi connectivity index (χ2n) is 7.33. The van der Waals surface area contributed by atoms with Gasteiger partial charge in [0.05, 0.1) is 12.3 Å². The summed E-state index contributed by atoms with van der Waals surface area (Å²) in [7, 11) is 2.02. The summed E-state index contributed by atoms with van der Waals surface area (Å²) in [5.74, 6) is 2.55. The second-order valence-corrected chi connectivity index (χ2v) is 7.33. The number of nitrogens with two attached hydrogens (primary N) is 2. The van der Waals surface area contributed by atoms with Crippen LogP contribution in [0.3, 0.4) is 0 Å². The monoisotopic (exact) mass is 355 g/mol. The predicted octanol–water partition coefficient (Wildman–Crippen LogP) is 2.79. The molecule has 2 aromatic rings. The predicted molar refractivity (Wildman–Crippen MR) is 106 cm³/mol. The molecule has 4 N–H and O–H groups in total. The van der Waals surface area contributed by atoms with Crippen LogP contribution in [0.4, 0.5) is 11.8 Å². The largest absolute Gasteiger partial charge is 0.493 e. The first-order valence-corrected chi connectivity index (χ1v) is 9.23. The van der Waals surface area contributed by atoms with Crippen molar-refractivity contribution in [1.29, 1.82) is 0 Å². The molecule has 0 radical (unpaired) electrons. The molecule has 6 heteroatoms. The molecule has 0 aliphatic heterocycles. The summed E-state index contributed by atoms with van der Waals surface area (Å²) in [4.78, 5) is 10.9. The number of hydrogen-bond acceptors (Lipinski definition) is 6. The molecular weight excluding hydrogens is 326 g/mol. The van der Waals surface area contributed by atoms with Crippen LogP contribution in [0.15, 0.2) is 24.3 Å². The third-order valence-corrected chi connectivity index (χ3v) is 4.96. The maximum absolute atomic E-state index is 5.90. The van der Waals surface area contributed by atoms with Gasteiger partial charge in [-0.25, -0.2) is 4.98 Å². The van der Waals surface area contributed by atoms with E-state index in [0.717, 1.165) is 43.1 Å². The normalized spacial score (nSPS) is 19.1. The number of aryl methyl sites for hydroxylation is 2. The lowest BCUT2D eigenvalue weighted by Gasteiger charge is -2.32. The first-order chi connectivity index (χ1) is 12.4. The van der Waals surface area contributed by atoms with E-state index in [1.54, 1.807) is 0 Å². The van der Waals surface area contributed by atoms with E-state index in [1.165, 1.54) is 11.1 Å². The van der Waals surface area contributed by atoms with E-state index >= 15 is 0 Å². The Hall–Kier alpha value is -2.34. The molecule has 6 nitrogen and oxygen atoms in total. The summed E-state index contributed by atoms with van der Waals surface area (Å²) < 4.78 is 5.90. The summed E-state index contributed by atoms with van der Waals surface area (Å²) in [5, 5.41) is 0. The van der Waals surface area contributed by atoms with Crippen molar-refractivity contribution >= 4 is 11.8 Å². The highest BCUT2D eigenvalue weighted by molar-refractivity contribution is 5.44. The first kappa shape index (κ1) is 18.5. The Kier molecular flexibility index (Phi) is 5.61. The maximum atomic E-state index is 5.90. The van der Waals surface area contributed by atoms with Crippen molar-refractivity contribution in [2.75, 3.05) is 30.8 Å². The smallest absolute Gasteiger partial charge is 0.222 e. The van der Waals surface area contributed by atoms with Gasteiger partial charge in [0.25, 0.3) is 0 Å². The van der Waals surface area contributed by atoms with E-state index in [2.05, 4.69) is 40.8 Å². The van der Waals surface area contributed by atoms with Crippen LogP contribution in [0.5, 0.6) is 5.75 Å². The van der Waals surface area contributed by atoms with Crippen LogP contribution in [0.2, 0.25) is 0 Å². The van der Waals surface area contributed by atoms with Gasteiger partial charge in [-0.15, -0.1) is 0 Å². The number of benzene rings is 1. The highest BCUT2D eigenvalue weighted by atomic mass is 16.5. The van der Waals surface area contributed by atoms with Crippen molar-refractivity contribution in [3.8, 4) is 5.75 Å². The van der Waals surface area contributed by atoms with Gasteiger partial charge in [-0.2, -0.15) is 4.98 Å². The molecule has 1 saturated carbocycles. The van der Waals surface area contributed by atoms with Gasteiger partial charge in [0.15, 0.2) is 0 Å². The van der Waals surface area contributed by atoms with Crippen LogP contribution >= 0.6 is 0 Å². The Morgan fingerprint density at radius 3 is 2.65 bits per heavy atom. The minimum atomic E-state index is 0.291. The number of rotatable bonds is 7. The standard InChI is InChI=1S/C20H29N5O/c1-13-5-6-18(14(2)9-13)26-8-4-7-25(3)19-12-17(23-20(22)24-19)15-10-16(21)11-15/h5-6,9,12,15-16H,4,7-8,10-11,21H2,1-3H3,(H2,22,23,24). The average molecular weight is 355 g/mol. The third-order valence-electron chi connectivity index (χ3n) is 4.96. The minimum Gasteiger partial charge on any atom is -0.493 e. The van der Waals surface area contributed by atoms with E-state index in [1.807, 2.05) is 19.2 Å². The highest BCUT2D eigenvalue weighted by Crippen LogP contribution is 2.35. The lowest BCUT2D eigenvalue weighted by molar-refractivity contribution is 0.310. The number of anilines is 2. The Morgan fingerprint density at radius 1 is 1.19 bits per heavy atom. The molecule has 0 unspecified atom stereocenters. The van der Waals surface area contributed by atoms with Gasteiger partial charge in [-0.05, 0) is 44.7 Å². The first-order valence-electron chi connectivity index (χ1n) is 9.23. The van der Waals surface area contributed by atoms with Gasteiger partial charge in [-0.1, -0.05) is 17.7 Å². The summed E-state index contributed by atoms with van der Waals surface area (Å²) in [5.41, 5.74) is 15.2. The lowest BCUT2D eigenvalue weighted by atomic mass is 9.78. The molecule has 1 aromatic carbocycles. The van der Waals surface area contributed by atoms with Gasteiger partial charge in [-0.3, -0.25) is 0 Å². The highest BCUT2D eigenvalue weighted by Gasteiger charge is 2.29. The number of nitrogens with zero attached hydrogens (tertiary/aromatic N) is 3. The van der Waals surface area contributed by atoms with E-state index in [0.29, 0.717) is 24.5 Å². The van der Waals surface area contributed by atoms with Crippen molar-refractivity contribution in [3.05, 3.63) is 41.1 Å². The fraction of sp³-hybridized carbons (Fsp3) is 0.500. The molecule has 1 aliphatic rings. The van der Waals surface area contributed by atoms with Crippen LogP contribution < -0.4 is 21.1 Å². The van der Waals surface area contributed by atoms with Crippen molar-refractivity contribution in [2.24, 2.45) is 5.73 Å². The summed E-state index contributed by atoms with van der Waals surface area (Å²) in [6.45, 7) is 5.67. The van der Waals surface area contributed by atoms with Gasteiger partial charge >= 0.3 is 0 Å². The molecular formula is C20H29N5O. The van der Waals surface area contributed by atoms with E-state index in [-0.39, 0.29) is 0 Å². The molecule has 1 heterocycles. The molecule has 140 valence electrons. The molecule has 1 aliphatic carbocycles. The fourth-order valence-electron chi connectivity index (χ4n) is 3.34. The Morgan fingerprint density at radius 2 is 1.96 bits per heavy atom. The summed E-state index contributed by atoms with van der Waals surface area (Å²) in [6, 6.07) is 8.58. The third kappa shape index (κ3) is 4.43. The van der Waals surface area contributed by atoms with Gasteiger partial charge < -0.3 is 21.1 Å². The zero-order valence-corrected chi connectivity index (χ0v) is 15.9. The molecule has 26 heavy (non-hydrogen) atoms. The molecule has 3 rings (SSSR count). The number of aromatic nitrogens is 2. The SMILES string of the molecule is Cc1ccc(OCCCN(C)c2cc(C3CC(N)C3)nc(N)n2)c(C)c1. The molecule has 1 fully saturated rings. The van der Waals surface area contributed by atoms with Crippen LogP contribution in [0, 0.1) is 13.8 Å². The zero-order chi connectivity index (χ0) is 18.7. The molecule has 0 spiro atoms. The van der Waals surface area contributed by atoms with Crippen LogP contribution in [-0.4, -0.2) is 36.2 Å². The molecule has 0 saturated heterocycles. The van der Waals surface area contributed by atoms with Crippen molar-refractivity contribution in [3.63, 3.8) is 0 Å². The number of ether oxygens (including phenoxy) is 1. The second kappa shape index (κ2) is 7.91. The minimum absolute atomic E-state index is 0.291. The van der Waals surface area contributed by atoms with Gasteiger partial charge in [0.1, 0.15) is 11.6 Å². The fourth-order valence-corrected chi connectivity index (χ4v) is 3.34. The van der Waals surface area contributed by atoms with Crippen LogP contribution in [0.25, 0.3) is 0 Å². The summed E-state index contributed by atoms with van der Waals surface area (Å²) >= 11 is 0.